The number of aliphatic imine (C=N–C) groups is 1. The van der Waals surface area contributed by atoms with Crippen LogP contribution in [0.15, 0.2) is 40.8 Å². The number of rotatable bonds is 7. The third-order valence-electron chi connectivity index (χ3n) is 3.59. The van der Waals surface area contributed by atoms with Crippen LogP contribution in [0.2, 0.25) is 0 Å². The van der Waals surface area contributed by atoms with Gasteiger partial charge in [-0.2, -0.15) is 0 Å². The minimum Gasteiger partial charge on any atom is -0.357 e. The molecule has 2 aromatic heterocycles. The molecule has 0 saturated carbocycles. The Bertz CT molecular complexity index is 588. The third kappa shape index (κ3) is 5.25. The van der Waals surface area contributed by atoms with Gasteiger partial charge in [-0.3, -0.25) is 4.99 Å². The van der Waals surface area contributed by atoms with E-state index in [0.717, 1.165) is 37.0 Å². The van der Waals surface area contributed by atoms with Crippen LogP contribution in [0.3, 0.4) is 0 Å². The van der Waals surface area contributed by atoms with Gasteiger partial charge in [-0.25, -0.2) is 4.98 Å². The normalized spacial score (nSPS) is 11.3. The maximum absolute atomic E-state index is 4.54. The highest BCUT2D eigenvalue weighted by molar-refractivity contribution is 7.09. The van der Waals surface area contributed by atoms with Crippen molar-refractivity contribution in [2.75, 3.05) is 25.0 Å². The summed E-state index contributed by atoms with van der Waals surface area (Å²) in [6.07, 6.45) is 1.92. The van der Waals surface area contributed by atoms with E-state index in [1.165, 1.54) is 4.88 Å². The molecule has 0 amide bonds. The fourth-order valence-corrected chi connectivity index (χ4v) is 2.89. The smallest absolute Gasteiger partial charge is 0.191 e. The molecular weight excluding hydrogens is 306 g/mol. The summed E-state index contributed by atoms with van der Waals surface area (Å²) in [6.45, 7) is 7.72. The van der Waals surface area contributed by atoms with Crippen LogP contribution >= 0.6 is 11.3 Å². The Morgan fingerprint density at radius 1 is 1.17 bits per heavy atom. The molecule has 0 aliphatic carbocycles. The largest absolute Gasteiger partial charge is 0.357 e. The fraction of sp³-hybridized carbons (Fsp3) is 0.412. The van der Waals surface area contributed by atoms with Crippen LogP contribution in [0, 0.1) is 0 Å². The molecule has 0 aliphatic heterocycles. The van der Waals surface area contributed by atoms with Crippen molar-refractivity contribution in [2.45, 2.75) is 26.9 Å². The van der Waals surface area contributed by atoms with E-state index in [-0.39, 0.29) is 0 Å². The van der Waals surface area contributed by atoms with Crippen molar-refractivity contribution in [1.82, 2.24) is 15.6 Å². The summed E-state index contributed by atoms with van der Waals surface area (Å²) in [5.74, 6) is 1.82. The first-order chi connectivity index (χ1) is 11.3. The summed E-state index contributed by atoms with van der Waals surface area (Å²) in [5.41, 5.74) is 1.14. The molecule has 0 spiro atoms. The number of nitrogens with one attached hydrogen (secondary N) is 2. The fourth-order valence-electron chi connectivity index (χ4n) is 2.25. The second-order valence-corrected chi connectivity index (χ2v) is 6.09. The molecule has 23 heavy (non-hydrogen) atoms. The number of thiophene rings is 1. The Hall–Kier alpha value is -2.08. The molecule has 0 aromatic carbocycles. The number of pyridine rings is 1. The van der Waals surface area contributed by atoms with Gasteiger partial charge in [0.25, 0.3) is 0 Å². The second kappa shape index (κ2) is 9.15. The van der Waals surface area contributed by atoms with Crippen LogP contribution in [0.25, 0.3) is 0 Å². The molecule has 0 radical (unpaired) electrons. The van der Waals surface area contributed by atoms with Gasteiger partial charge >= 0.3 is 0 Å². The summed E-state index contributed by atoms with van der Waals surface area (Å²) >= 11 is 1.74. The molecule has 0 aliphatic rings. The first-order valence-corrected chi connectivity index (χ1v) is 8.81. The van der Waals surface area contributed by atoms with E-state index in [1.807, 2.05) is 6.20 Å². The molecular formula is C17H25N5S. The van der Waals surface area contributed by atoms with Crippen molar-refractivity contribution in [1.29, 1.82) is 0 Å². The minimum absolute atomic E-state index is 0.704. The van der Waals surface area contributed by atoms with Crippen LogP contribution < -0.4 is 15.5 Å². The maximum atomic E-state index is 4.54. The second-order valence-electron chi connectivity index (χ2n) is 5.06. The van der Waals surface area contributed by atoms with Crippen molar-refractivity contribution in [3.05, 3.63) is 46.3 Å². The van der Waals surface area contributed by atoms with Crippen molar-refractivity contribution in [3.8, 4) is 0 Å². The number of guanidine groups is 1. The number of aromatic nitrogens is 1. The zero-order valence-corrected chi connectivity index (χ0v) is 14.9. The van der Waals surface area contributed by atoms with Gasteiger partial charge in [-0.05, 0) is 36.9 Å². The van der Waals surface area contributed by atoms with E-state index >= 15 is 0 Å². The van der Waals surface area contributed by atoms with E-state index in [9.17, 15) is 0 Å². The molecule has 2 heterocycles. The number of anilines is 1. The van der Waals surface area contributed by atoms with Gasteiger partial charge in [0.05, 0.1) is 6.54 Å². The Morgan fingerprint density at radius 3 is 2.52 bits per heavy atom. The van der Waals surface area contributed by atoms with E-state index in [0.29, 0.717) is 6.54 Å². The van der Waals surface area contributed by atoms with E-state index in [1.54, 1.807) is 18.4 Å². The highest BCUT2D eigenvalue weighted by Crippen LogP contribution is 2.10. The van der Waals surface area contributed by atoms with Crippen molar-refractivity contribution in [2.24, 2.45) is 4.99 Å². The Labute approximate surface area is 142 Å². The molecule has 124 valence electrons. The SMILES string of the molecule is CCN(CC)c1ccc(CNC(=NC)NCc2cccs2)cn1. The molecule has 0 unspecified atom stereocenters. The predicted octanol–water partition coefficient (Wildman–Crippen LogP) is 2.85. The molecule has 2 aromatic rings. The van der Waals surface area contributed by atoms with Gasteiger partial charge in [0.1, 0.15) is 5.82 Å². The highest BCUT2D eigenvalue weighted by Gasteiger charge is 2.04. The Balaban J connectivity index is 1.84. The number of nitrogens with zero attached hydrogens (tertiary/aromatic N) is 3. The minimum atomic E-state index is 0.704. The molecule has 6 heteroatoms. The molecule has 2 rings (SSSR count). The van der Waals surface area contributed by atoms with Gasteiger partial charge < -0.3 is 15.5 Å². The van der Waals surface area contributed by atoms with E-state index in [2.05, 4.69) is 69.0 Å². The lowest BCUT2D eigenvalue weighted by molar-refractivity contribution is 0.808. The van der Waals surface area contributed by atoms with Gasteiger partial charge in [-0.15, -0.1) is 11.3 Å². The number of hydrogen-bond donors (Lipinski definition) is 2. The number of hydrogen-bond acceptors (Lipinski definition) is 4. The lowest BCUT2D eigenvalue weighted by atomic mass is 10.2. The molecule has 0 bridgehead atoms. The summed E-state index contributed by atoms with van der Waals surface area (Å²) in [5, 5.41) is 8.71. The Kier molecular flexibility index (Phi) is 6.87. The average molecular weight is 331 g/mol. The van der Waals surface area contributed by atoms with Crippen LogP contribution in [0.4, 0.5) is 5.82 Å². The summed E-state index contributed by atoms with van der Waals surface area (Å²) in [6, 6.07) is 8.36. The van der Waals surface area contributed by atoms with Gasteiger partial charge in [0.2, 0.25) is 0 Å². The monoisotopic (exact) mass is 331 g/mol. The topological polar surface area (TPSA) is 52.5 Å². The lowest BCUT2D eigenvalue weighted by Gasteiger charge is -2.19. The molecule has 0 fully saturated rings. The predicted molar refractivity (Wildman–Crippen MR) is 99.2 cm³/mol. The highest BCUT2D eigenvalue weighted by atomic mass is 32.1. The van der Waals surface area contributed by atoms with Crippen molar-refractivity contribution in [3.63, 3.8) is 0 Å². The zero-order valence-electron chi connectivity index (χ0n) is 14.0. The van der Waals surface area contributed by atoms with E-state index in [4.69, 9.17) is 0 Å². The molecule has 0 atom stereocenters. The summed E-state index contributed by atoms with van der Waals surface area (Å²) in [7, 11) is 1.78. The first kappa shape index (κ1) is 17.3. The summed E-state index contributed by atoms with van der Waals surface area (Å²) in [4.78, 5) is 12.3. The van der Waals surface area contributed by atoms with Crippen molar-refractivity contribution < 1.29 is 0 Å². The summed E-state index contributed by atoms with van der Waals surface area (Å²) < 4.78 is 0. The average Bonchev–Trinajstić information content (AvgIpc) is 3.11. The van der Waals surface area contributed by atoms with Crippen LogP contribution in [0.5, 0.6) is 0 Å². The molecule has 2 N–H and O–H groups in total. The quantitative estimate of drug-likeness (QED) is 0.605. The Morgan fingerprint density at radius 2 is 1.96 bits per heavy atom. The van der Waals surface area contributed by atoms with Crippen LogP contribution in [-0.2, 0) is 13.1 Å². The van der Waals surface area contributed by atoms with Gasteiger partial charge in [-0.1, -0.05) is 12.1 Å². The molecule has 0 saturated heterocycles. The third-order valence-corrected chi connectivity index (χ3v) is 4.47. The van der Waals surface area contributed by atoms with Gasteiger partial charge in [0, 0.05) is 37.8 Å². The van der Waals surface area contributed by atoms with Gasteiger partial charge in [0.15, 0.2) is 5.96 Å². The van der Waals surface area contributed by atoms with Crippen LogP contribution in [0.1, 0.15) is 24.3 Å². The van der Waals surface area contributed by atoms with Crippen LogP contribution in [-0.4, -0.2) is 31.1 Å². The van der Waals surface area contributed by atoms with E-state index < -0.39 is 0 Å². The van der Waals surface area contributed by atoms with Crippen molar-refractivity contribution >= 4 is 23.1 Å². The zero-order chi connectivity index (χ0) is 16.5. The molecule has 5 nitrogen and oxygen atoms in total. The lowest BCUT2D eigenvalue weighted by Crippen LogP contribution is -2.36. The first-order valence-electron chi connectivity index (χ1n) is 7.93. The maximum Gasteiger partial charge on any atom is 0.191 e. The standard InChI is InChI=1S/C17H25N5S/c1-4-22(5-2)16-9-8-14(11-19-16)12-20-17(18-3)21-13-15-7-6-10-23-15/h6-11H,4-5,12-13H2,1-3H3,(H2,18,20,21).